The van der Waals surface area contributed by atoms with E-state index in [9.17, 15) is 0 Å². The van der Waals surface area contributed by atoms with E-state index in [1.54, 1.807) is 0 Å². The van der Waals surface area contributed by atoms with E-state index in [-0.39, 0.29) is 0 Å². The maximum Gasteiger partial charge on any atom is 0.258 e. The normalized spacial score (nSPS) is 10.8. The molecule has 1 aromatic heterocycles. The molecule has 0 saturated carbocycles. The summed E-state index contributed by atoms with van der Waals surface area (Å²) in [7, 11) is 0. The van der Waals surface area contributed by atoms with Crippen LogP contribution in [0.25, 0.3) is 0 Å². The van der Waals surface area contributed by atoms with Gasteiger partial charge in [-0.3, -0.25) is 0 Å². The summed E-state index contributed by atoms with van der Waals surface area (Å²) in [5.74, 6) is 1.35. The maximum atomic E-state index is 5.40. The van der Waals surface area contributed by atoms with E-state index in [1.807, 2.05) is 6.92 Å². The van der Waals surface area contributed by atoms with Gasteiger partial charge in [0.05, 0.1) is 6.54 Å². The number of nitrogens with zero attached hydrogens (tertiary/aromatic N) is 2. The van der Waals surface area contributed by atoms with Crippen LogP contribution in [0.5, 0.6) is 0 Å². The summed E-state index contributed by atoms with van der Waals surface area (Å²) < 4.78 is 9.89. The Morgan fingerprint density at radius 2 is 2.14 bits per heavy atom. The molecule has 0 aliphatic carbocycles. The zero-order chi connectivity index (χ0) is 10.4. The summed E-state index contributed by atoms with van der Waals surface area (Å²) in [6.45, 7) is 8.96. The second-order valence-electron chi connectivity index (χ2n) is 3.35. The lowest BCUT2D eigenvalue weighted by atomic mass is 10.4. The summed E-state index contributed by atoms with van der Waals surface area (Å²) in [5, 5.41) is 0. The highest BCUT2D eigenvalue weighted by molar-refractivity contribution is 4.82. The molecule has 80 valence electrons. The van der Waals surface area contributed by atoms with E-state index in [2.05, 4.69) is 35.4 Å². The van der Waals surface area contributed by atoms with E-state index < -0.39 is 0 Å². The van der Waals surface area contributed by atoms with Crippen LogP contribution >= 0.6 is 0 Å². The van der Waals surface area contributed by atoms with Gasteiger partial charge < -0.3 is 4.74 Å². The highest BCUT2D eigenvalue weighted by atomic mass is 16.5. The minimum Gasteiger partial charge on any atom is -0.342 e. The summed E-state index contributed by atoms with van der Waals surface area (Å²) in [5.41, 5.74) is 0. The molecule has 0 saturated heterocycles. The first kappa shape index (κ1) is 11.2. The molecule has 1 aromatic rings. The minimum atomic E-state index is 0.677. The van der Waals surface area contributed by atoms with Crippen LogP contribution in [-0.4, -0.2) is 11.2 Å². The highest BCUT2D eigenvalue weighted by Gasteiger charge is 2.13. The van der Waals surface area contributed by atoms with E-state index in [4.69, 9.17) is 4.74 Å². The Hall–Kier alpha value is -0.830. The van der Waals surface area contributed by atoms with Crippen molar-refractivity contribution in [3.8, 4) is 0 Å². The molecule has 0 aromatic carbocycles. The first-order chi connectivity index (χ1) is 6.83. The molecule has 0 aliphatic heterocycles. The molecule has 3 nitrogen and oxygen atoms in total. The number of imidazole rings is 1. The van der Waals surface area contributed by atoms with E-state index in [0.29, 0.717) is 6.73 Å². The summed E-state index contributed by atoms with van der Waals surface area (Å²) in [6, 6.07) is 0. The van der Waals surface area contributed by atoms with Gasteiger partial charge in [0.1, 0.15) is 12.4 Å². The zero-order valence-corrected chi connectivity index (χ0v) is 9.49. The van der Waals surface area contributed by atoms with Gasteiger partial charge >= 0.3 is 0 Å². The summed E-state index contributed by atoms with van der Waals surface area (Å²) in [4.78, 5) is 0. The molecule has 0 unspecified atom stereocenters. The average molecular weight is 197 g/mol. The predicted octanol–water partition coefficient (Wildman–Crippen LogP) is 1.74. The second-order valence-corrected chi connectivity index (χ2v) is 3.35. The van der Waals surface area contributed by atoms with Crippen molar-refractivity contribution in [3.63, 3.8) is 0 Å². The fourth-order valence-corrected chi connectivity index (χ4v) is 1.66. The van der Waals surface area contributed by atoms with Gasteiger partial charge in [-0.1, -0.05) is 13.8 Å². The topological polar surface area (TPSA) is 18.0 Å². The molecule has 0 N–H and O–H groups in total. The van der Waals surface area contributed by atoms with Gasteiger partial charge in [-0.15, -0.1) is 0 Å². The average Bonchev–Trinajstić information content (AvgIpc) is 2.58. The Morgan fingerprint density at radius 1 is 1.36 bits per heavy atom. The van der Waals surface area contributed by atoms with Crippen LogP contribution in [0.4, 0.5) is 0 Å². The van der Waals surface area contributed by atoms with Gasteiger partial charge in [-0.05, 0) is 13.3 Å². The van der Waals surface area contributed by atoms with Crippen LogP contribution in [0.3, 0.4) is 0 Å². The Labute approximate surface area is 86.3 Å². The van der Waals surface area contributed by atoms with Crippen LogP contribution in [0, 0.1) is 0 Å². The van der Waals surface area contributed by atoms with Crippen molar-refractivity contribution in [2.45, 2.75) is 46.9 Å². The molecule has 0 aliphatic rings. The first-order valence-corrected chi connectivity index (χ1v) is 5.48. The maximum absolute atomic E-state index is 5.40. The summed E-state index contributed by atoms with van der Waals surface area (Å²) in [6.07, 6.45) is 6.47. The number of aryl methyl sites for hydroxylation is 1. The molecule has 0 atom stereocenters. The van der Waals surface area contributed by atoms with Crippen molar-refractivity contribution >= 4 is 0 Å². The lowest BCUT2D eigenvalue weighted by Gasteiger charge is -2.02. The zero-order valence-electron chi connectivity index (χ0n) is 9.49. The minimum absolute atomic E-state index is 0.677. The van der Waals surface area contributed by atoms with Crippen molar-refractivity contribution in [1.29, 1.82) is 0 Å². The molecular weight excluding hydrogens is 176 g/mol. The van der Waals surface area contributed by atoms with Crippen molar-refractivity contribution in [1.82, 2.24) is 4.57 Å². The van der Waals surface area contributed by atoms with Crippen LogP contribution in [0.2, 0.25) is 0 Å². The van der Waals surface area contributed by atoms with Crippen LogP contribution in [0.1, 0.15) is 33.0 Å². The largest absolute Gasteiger partial charge is 0.342 e. The van der Waals surface area contributed by atoms with Gasteiger partial charge in [-0.25, -0.2) is 9.13 Å². The van der Waals surface area contributed by atoms with Crippen molar-refractivity contribution in [2.24, 2.45) is 0 Å². The van der Waals surface area contributed by atoms with Gasteiger partial charge in [0.15, 0.2) is 6.73 Å². The van der Waals surface area contributed by atoms with Gasteiger partial charge in [0.25, 0.3) is 5.82 Å². The molecule has 1 rings (SSSR count). The van der Waals surface area contributed by atoms with E-state index in [1.165, 1.54) is 12.2 Å². The first-order valence-electron chi connectivity index (χ1n) is 5.48. The third-order valence-corrected chi connectivity index (χ3v) is 2.30. The fraction of sp³-hybridized carbons (Fsp3) is 0.727. The molecule has 0 radical (unpaired) electrons. The quantitative estimate of drug-likeness (QED) is 0.635. The molecule has 0 amide bonds. The summed E-state index contributed by atoms with van der Waals surface area (Å²) >= 11 is 0. The van der Waals surface area contributed by atoms with Crippen LogP contribution < -0.4 is 4.57 Å². The standard InChI is InChI=1S/C11H21N2O/c1-4-7-12-8-9-13(10-14-6-3)11(12)5-2/h8-9H,4-7,10H2,1-3H3/q+1. The Kier molecular flexibility index (Phi) is 4.66. The molecule has 0 bridgehead atoms. The third-order valence-electron chi connectivity index (χ3n) is 2.30. The third kappa shape index (κ3) is 2.58. The lowest BCUT2D eigenvalue weighted by molar-refractivity contribution is -0.738. The van der Waals surface area contributed by atoms with Gasteiger partial charge in [0.2, 0.25) is 0 Å². The molecule has 1 heterocycles. The van der Waals surface area contributed by atoms with Crippen molar-refractivity contribution in [2.75, 3.05) is 6.61 Å². The van der Waals surface area contributed by atoms with Crippen LogP contribution in [-0.2, 0) is 24.4 Å². The smallest absolute Gasteiger partial charge is 0.258 e. The SMILES string of the molecule is CCCn1cc[n+](COCC)c1CC. The fourth-order valence-electron chi connectivity index (χ4n) is 1.66. The Balaban J connectivity index is 2.73. The van der Waals surface area contributed by atoms with Gasteiger partial charge in [-0.2, -0.15) is 0 Å². The molecule has 0 spiro atoms. The highest BCUT2D eigenvalue weighted by Crippen LogP contribution is 1.98. The Morgan fingerprint density at radius 3 is 2.71 bits per heavy atom. The predicted molar refractivity (Wildman–Crippen MR) is 55.9 cm³/mol. The van der Waals surface area contributed by atoms with Crippen LogP contribution in [0.15, 0.2) is 12.4 Å². The lowest BCUT2D eigenvalue weighted by Crippen LogP contribution is -2.38. The van der Waals surface area contributed by atoms with Gasteiger partial charge in [0, 0.05) is 13.0 Å². The molecule has 14 heavy (non-hydrogen) atoms. The second kappa shape index (κ2) is 5.81. The van der Waals surface area contributed by atoms with Crippen molar-refractivity contribution < 1.29 is 9.30 Å². The monoisotopic (exact) mass is 197 g/mol. The number of ether oxygens (including phenoxy) is 1. The molecular formula is C11H21N2O+. The Bertz CT molecular complexity index is 268. The number of aromatic nitrogens is 2. The van der Waals surface area contributed by atoms with E-state index in [0.717, 1.165) is 19.6 Å². The van der Waals surface area contributed by atoms with Crippen molar-refractivity contribution in [3.05, 3.63) is 18.2 Å². The van der Waals surface area contributed by atoms with E-state index >= 15 is 0 Å². The number of rotatable bonds is 6. The molecule has 0 fully saturated rings. The number of hydrogen-bond acceptors (Lipinski definition) is 1. The number of hydrogen-bond donors (Lipinski definition) is 0. The molecule has 3 heteroatoms.